The molecule has 8 heteroatoms. The lowest BCUT2D eigenvalue weighted by atomic mass is 10.1. The summed E-state index contributed by atoms with van der Waals surface area (Å²) in [7, 11) is -3.23. The van der Waals surface area contributed by atoms with Gasteiger partial charge in [-0.15, -0.1) is 0 Å². The third-order valence-electron chi connectivity index (χ3n) is 3.98. The summed E-state index contributed by atoms with van der Waals surface area (Å²) in [5.41, 5.74) is -0.299. The van der Waals surface area contributed by atoms with Crippen LogP contribution in [0.3, 0.4) is 0 Å². The van der Waals surface area contributed by atoms with Crippen LogP contribution in [0.2, 0.25) is 0 Å². The molecule has 1 amide bonds. The summed E-state index contributed by atoms with van der Waals surface area (Å²) in [6.45, 7) is 0.0167. The van der Waals surface area contributed by atoms with Gasteiger partial charge in [-0.1, -0.05) is 0 Å². The van der Waals surface area contributed by atoms with E-state index >= 15 is 0 Å². The van der Waals surface area contributed by atoms with Gasteiger partial charge in [-0.05, 0) is 30.7 Å². The molecule has 5 nitrogen and oxygen atoms in total. The minimum atomic E-state index is -3.23. The SMILES string of the molecule is O=C(c1ccc(F)cc1F)N(Cc1ccco1)[C@H]1CCS(=O)(=O)C1. The normalized spacial score (nSPS) is 19.3. The highest BCUT2D eigenvalue weighted by Gasteiger charge is 2.36. The maximum Gasteiger partial charge on any atom is 0.257 e. The number of carbonyl (C=O) groups excluding carboxylic acids is 1. The van der Waals surface area contributed by atoms with Crippen molar-refractivity contribution < 1.29 is 26.4 Å². The van der Waals surface area contributed by atoms with Gasteiger partial charge in [-0.2, -0.15) is 0 Å². The topological polar surface area (TPSA) is 67.6 Å². The van der Waals surface area contributed by atoms with Crippen LogP contribution in [0.25, 0.3) is 0 Å². The van der Waals surface area contributed by atoms with E-state index in [-0.39, 0.29) is 30.0 Å². The van der Waals surface area contributed by atoms with E-state index in [1.807, 2.05) is 0 Å². The molecule has 0 radical (unpaired) electrons. The number of furan rings is 1. The first kappa shape index (κ1) is 16.6. The van der Waals surface area contributed by atoms with Crippen molar-refractivity contribution in [1.82, 2.24) is 4.90 Å². The van der Waals surface area contributed by atoms with Crippen LogP contribution in [0.15, 0.2) is 41.0 Å². The van der Waals surface area contributed by atoms with Gasteiger partial charge in [0.05, 0.1) is 29.9 Å². The Morgan fingerprint density at radius 2 is 2.08 bits per heavy atom. The summed E-state index contributed by atoms with van der Waals surface area (Å²) in [5, 5.41) is 0. The Hall–Kier alpha value is -2.22. The zero-order chi connectivity index (χ0) is 17.3. The molecule has 0 aliphatic carbocycles. The molecule has 0 spiro atoms. The second kappa shape index (κ2) is 6.35. The standard InChI is InChI=1S/C16H15F2NO4S/c17-11-3-4-14(15(18)8-11)16(20)19(9-13-2-1-6-23-13)12-5-7-24(21,22)10-12/h1-4,6,8,12H,5,7,9-10H2/t12-/m0/s1. The Kier molecular flexibility index (Phi) is 4.40. The highest BCUT2D eigenvalue weighted by Crippen LogP contribution is 2.23. The molecule has 1 aromatic heterocycles. The molecule has 0 unspecified atom stereocenters. The van der Waals surface area contributed by atoms with E-state index in [2.05, 4.69) is 0 Å². The van der Waals surface area contributed by atoms with Crippen molar-refractivity contribution in [3.63, 3.8) is 0 Å². The summed E-state index contributed by atoms with van der Waals surface area (Å²) in [4.78, 5) is 14.0. The first-order valence-corrected chi connectivity index (χ1v) is 9.17. The minimum Gasteiger partial charge on any atom is -0.467 e. The van der Waals surface area contributed by atoms with Crippen LogP contribution in [-0.4, -0.2) is 36.8 Å². The first-order chi connectivity index (χ1) is 11.4. The number of halogens is 2. The van der Waals surface area contributed by atoms with Crippen molar-refractivity contribution in [1.29, 1.82) is 0 Å². The first-order valence-electron chi connectivity index (χ1n) is 7.34. The Labute approximate surface area is 137 Å². The molecule has 0 N–H and O–H groups in total. The number of rotatable bonds is 4. The van der Waals surface area contributed by atoms with Crippen LogP contribution in [0.5, 0.6) is 0 Å². The predicted molar refractivity (Wildman–Crippen MR) is 82.0 cm³/mol. The number of hydrogen-bond donors (Lipinski definition) is 0. The summed E-state index contributed by atoms with van der Waals surface area (Å²) in [5.74, 6) is -2.20. The Morgan fingerprint density at radius 3 is 2.67 bits per heavy atom. The fourth-order valence-corrected chi connectivity index (χ4v) is 4.51. The molecule has 1 aliphatic rings. The van der Waals surface area contributed by atoms with Crippen molar-refractivity contribution in [2.45, 2.75) is 19.0 Å². The van der Waals surface area contributed by atoms with E-state index in [1.54, 1.807) is 12.1 Å². The molecule has 1 aliphatic heterocycles. The van der Waals surface area contributed by atoms with Crippen molar-refractivity contribution in [2.24, 2.45) is 0 Å². The van der Waals surface area contributed by atoms with Gasteiger partial charge in [-0.25, -0.2) is 17.2 Å². The van der Waals surface area contributed by atoms with Gasteiger partial charge in [0.15, 0.2) is 9.84 Å². The van der Waals surface area contributed by atoms with Crippen LogP contribution in [0.4, 0.5) is 8.78 Å². The second-order valence-electron chi connectivity index (χ2n) is 5.69. The largest absolute Gasteiger partial charge is 0.467 e. The molecule has 1 aromatic carbocycles. The third kappa shape index (κ3) is 3.48. The molecule has 2 aromatic rings. The maximum absolute atomic E-state index is 13.9. The summed E-state index contributed by atoms with van der Waals surface area (Å²) in [6.07, 6.45) is 1.71. The zero-order valence-corrected chi connectivity index (χ0v) is 13.4. The van der Waals surface area contributed by atoms with Crippen LogP contribution in [0.1, 0.15) is 22.5 Å². The number of benzene rings is 1. The predicted octanol–water partition coefficient (Wildman–Crippen LogP) is 2.39. The smallest absolute Gasteiger partial charge is 0.257 e. The highest BCUT2D eigenvalue weighted by atomic mass is 32.2. The summed E-state index contributed by atoms with van der Waals surface area (Å²) >= 11 is 0. The monoisotopic (exact) mass is 355 g/mol. The van der Waals surface area contributed by atoms with Gasteiger partial charge in [0.2, 0.25) is 0 Å². The highest BCUT2D eigenvalue weighted by molar-refractivity contribution is 7.91. The molecule has 0 saturated carbocycles. The van der Waals surface area contributed by atoms with Crippen LogP contribution in [0, 0.1) is 11.6 Å². The lowest BCUT2D eigenvalue weighted by Crippen LogP contribution is -2.41. The summed E-state index contributed by atoms with van der Waals surface area (Å²) < 4.78 is 55.7. The number of amides is 1. The second-order valence-corrected chi connectivity index (χ2v) is 7.92. The van der Waals surface area contributed by atoms with E-state index in [0.29, 0.717) is 11.8 Å². The minimum absolute atomic E-state index is 0.0167. The molecule has 1 saturated heterocycles. The van der Waals surface area contributed by atoms with E-state index in [0.717, 1.165) is 12.1 Å². The number of hydrogen-bond acceptors (Lipinski definition) is 4. The molecule has 1 atom stereocenters. The summed E-state index contributed by atoms with van der Waals surface area (Å²) in [6, 6.07) is 5.39. The van der Waals surface area contributed by atoms with Crippen LogP contribution >= 0.6 is 0 Å². The lowest BCUT2D eigenvalue weighted by molar-refractivity contribution is 0.0661. The molecule has 3 rings (SSSR count). The molecular weight excluding hydrogens is 340 g/mol. The van der Waals surface area contributed by atoms with E-state index < -0.39 is 33.4 Å². The van der Waals surface area contributed by atoms with Crippen molar-refractivity contribution in [2.75, 3.05) is 11.5 Å². The van der Waals surface area contributed by atoms with E-state index in [4.69, 9.17) is 4.42 Å². The van der Waals surface area contributed by atoms with Gasteiger partial charge in [0.25, 0.3) is 5.91 Å². The van der Waals surface area contributed by atoms with Gasteiger partial charge in [-0.3, -0.25) is 4.79 Å². The number of nitrogens with zero attached hydrogens (tertiary/aromatic N) is 1. The van der Waals surface area contributed by atoms with Gasteiger partial charge < -0.3 is 9.32 Å². The quantitative estimate of drug-likeness (QED) is 0.845. The number of carbonyl (C=O) groups is 1. The lowest BCUT2D eigenvalue weighted by Gasteiger charge is -2.27. The molecule has 0 bridgehead atoms. The van der Waals surface area contributed by atoms with Crippen molar-refractivity contribution in [3.05, 3.63) is 59.6 Å². The number of sulfone groups is 1. The fourth-order valence-electron chi connectivity index (χ4n) is 2.78. The van der Waals surface area contributed by atoms with Crippen LogP contribution in [-0.2, 0) is 16.4 Å². The van der Waals surface area contributed by atoms with Gasteiger partial charge in [0.1, 0.15) is 17.4 Å². The fraction of sp³-hybridized carbons (Fsp3) is 0.312. The van der Waals surface area contributed by atoms with Gasteiger partial charge >= 0.3 is 0 Å². The Bertz CT molecular complexity index is 849. The molecule has 2 heterocycles. The van der Waals surface area contributed by atoms with Crippen molar-refractivity contribution >= 4 is 15.7 Å². The zero-order valence-electron chi connectivity index (χ0n) is 12.6. The molecule has 24 heavy (non-hydrogen) atoms. The Morgan fingerprint density at radius 1 is 1.29 bits per heavy atom. The van der Waals surface area contributed by atoms with E-state index in [9.17, 15) is 22.0 Å². The van der Waals surface area contributed by atoms with E-state index in [1.165, 1.54) is 11.2 Å². The maximum atomic E-state index is 13.9. The Balaban J connectivity index is 1.92. The molecular formula is C16H15F2NO4S. The average Bonchev–Trinajstić information content (AvgIpc) is 3.13. The van der Waals surface area contributed by atoms with Crippen molar-refractivity contribution in [3.8, 4) is 0 Å². The third-order valence-corrected chi connectivity index (χ3v) is 5.73. The average molecular weight is 355 g/mol. The molecule has 1 fully saturated rings. The van der Waals surface area contributed by atoms with Gasteiger partial charge in [0, 0.05) is 12.1 Å². The van der Waals surface area contributed by atoms with Crippen LogP contribution < -0.4 is 0 Å². The molecule has 128 valence electrons.